The highest BCUT2D eigenvalue weighted by atomic mass is 79.9. The first-order valence-corrected chi connectivity index (χ1v) is 6.51. The highest BCUT2D eigenvalue weighted by Gasteiger charge is 2.43. The highest BCUT2D eigenvalue weighted by Crippen LogP contribution is 2.36. The number of aromatic amines is 1. The molecule has 0 fully saturated rings. The first-order valence-electron chi connectivity index (χ1n) is 5.72. The minimum absolute atomic E-state index is 0.0238. The quantitative estimate of drug-likeness (QED) is 0.803. The van der Waals surface area contributed by atoms with E-state index < -0.39 is 29.4 Å². The molecule has 0 spiro atoms. The fourth-order valence-corrected chi connectivity index (χ4v) is 2.21. The van der Waals surface area contributed by atoms with Crippen molar-refractivity contribution >= 4 is 15.9 Å². The molecule has 0 bridgehead atoms. The van der Waals surface area contributed by atoms with Crippen LogP contribution in [-0.2, 0) is 6.54 Å². The minimum atomic E-state index is -4.85. The molecule has 3 nitrogen and oxygen atoms in total. The summed E-state index contributed by atoms with van der Waals surface area (Å²) in [6.45, 7) is -0.265. The smallest absolute Gasteiger partial charge is 0.297 e. The summed E-state index contributed by atoms with van der Waals surface area (Å²) in [6.07, 6.45) is -3.49. The summed E-state index contributed by atoms with van der Waals surface area (Å²) in [4.78, 5) is 0. The lowest BCUT2D eigenvalue weighted by atomic mass is 10.0. The minimum Gasteiger partial charge on any atom is -0.297 e. The van der Waals surface area contributed by atoms with Crippen LogP contribution in [0.2, 0.25) is 0 Å². The van der Waals surface area contributed by atoms with Gasteiger partial charge in [-0.3, -0.25) is 10.4 Å². The summed E-state index contributed by atoms with van der Waals surface area (Å²) >= 11 is 2.82. The Bertz CT molecular complexity index is 589. The molecule has 0 radical (unpaired) electrons. The van der Waals surface area contributed by atoms with E-state index in [-0.39, 0.29) is 11.0 Å². The third-order valence-electron chi connectivity index (χ3n) is 2.71. The number of aromatic nitrogens is 2. The second kappa shape index (κ2) is 6.10. The second-order valence-corrected chi connectivity index (χ2v) is 5.14. The molecule has 2 N–H and O–H groups in total. The highest BCUT2D eigenvalue weighted by molar-refractivity contribution is 9.10. The van der Waals surface area contributed by atoms with Gasteiger partial charge in [0.1, 0.15) is 17.7 Å². The topological polar surface area (TPSA) is 40.7 Å². The number of alkyl halides is 3. The van der Waals surface area contributed by atoms with Crippen LogP contribution >= 0.6 is 15.9 Å². The van der Waals surface area contributed by atoms with Crippen LogP contribution < -0.4 is 5.32 Å². The molecule has 0 saturated carbocycles. The van der Waals surface area contributed by atoms with Gasteiger partial charge in [-0.25, -0.2) is 8.78 Å². The zero-order valence-electron chi connectivity index (χ0n) is 10.3. The van der Waals surface area contributed by atoms with Crippen LogP contribution in [0.3, 0.4) is 0 Å². The third kappa shape index (κ3) is 3.79. The fourth-order valence-electron chi connectivity index (χ4n) is 1.81. The predicted molar refractivity (Wildman–Crippen MR) is 68.3 cm³/mol. The molecule has 1 heterocycles. The Balaban J connectivity index is 2.33. The third-order valence-corrected chi connectivity index (χ3v) is 3.17. The van der Waals surface area contributed by atoms with Crippen molar-refractivity contribution in [1.82, 2.24) is 15.5 Å². The summed E-state index contributed by atoms with van der Waals surface area (Å²) in [5, 5.41) is 8.13. The van der Waals surface area contributed by atoms with E-state index in [1.807, 2.05) is 0 Å². The maximum absolute atomic E-state index is 13.7. The van der Waals surface area contributed by atoms with Gasteiger partial charge in [0.05, 0.1) is 0 Å². The lowest BCUT2D eigenvalue weighted by Crippen LogP contribution is -2.35. The van der Waals surface area contributed by atoms with E-state index in [0.717, 1.165) is 12.1 Å². The Hall–Kier alpha value is -1.48. The summed E-state index contributed by atoms with van der Waals surface area (Å²) in [5.41, 5.74) is -0.701. The number of nitrogens with one attached hydrogen (secondary N) is 2. The molecule has 1 aromatic carbocycles. The van der Waals surface area contributed by atoms with Gasteiger partial charge < -0.3 is 0 Å². The van der Waals surface area contributed by atoms with E-state index in [1.165, 1.54) is 12.3 Å². The van der Waals surface area contributed by atoms with Gasteiger partial charge >= 0.3 is 6.18 Å². The number of rotatable bonds is 4. The number of H-pyrrole nitrogens is 1. The molecule has 21 heavy (non-hydrogen) atoms. The molecule has 1 atom stereocenters. The monoisotopic (exact) mass is 369 g/mol. The van der Waals surface area contributed by atoms with Crippen LogP contribution in [0.15, 0.2) is 28.9 Å². The molecule has 0 aliphatic carbocycles. The molecular weight excluding hydrogens is 361 g/mol. The van der Waals surface area contributed by atoms with E-state index in [1.54, 1.807) is 0 Å². The fraction of sp³-hybridized carbons (Fsp3) is 0.250. The van der Waals surface area contributed by atoms with Crippen LogP contribution in [0.4, 0.5) is 22.0 Å². The summed E-state index contributed by atoms with van der Waals surface area (Å²) in [6, 6.07) is 0.563. The Kier molecular flexibility index (Phi) is 4.62. The number of benzene rings is 1. The first kappa shape index (κ1) is 15.9. The van der Waals surface area contributed by atoms with Crippen molar-refractivity contribution < 1.29 is 22.0 Å². The summed E-state index contributed by atoms with van der Waals surface area (Å²) in [5.74, 6) is -2.55. The molecule has 0 saturated heterocycles. The molecule has 1 unspecified atom stereocenters. The Morgan fingerprint density at radius 1 is 1.24 bits per heavy atom. The van der Waals surface area contributed by atoms with Gasteiger partial charge in [-0.2, -0.15) is 18.3 Å². The van der Waals surface area contributed by atoms with Crippen molar-refractivity contribution in [2.45, 2.75) is 18.8 Å². The Morgan fingerprint density at radius 2 is 1.86 bits per heavy atom. The van der Waals surface area contributed by atoms with Gasteiger partial charge in [-0.15, -0.1) is 0 Å². The zero-order chi connectivity index (χ0) is 15.6. The molecule has 1 aromatic heterocycles. The van der Waals surface area contributed by atoms with Crippen LogP contribution in [0.1, 0.15) is 17.3 Å². The molecule has 0 aliphatic heterocycles. The standard InChI is InChI=1S/C12H9BrF5N3/c13-6-3-8(14)10(9(15)4-6)11(12(16,17)18)19-5-7-1-2-20-21-7/h1-4,11,19H,5H2,(H,20,21). The van der Waals surface area contributed by atoms with E-state index in [4.69, 9.17) is 0 Å². The van der Waals surface area contributed by atoms with Crippen molar-refractivity contribution in [3.8, 4) is 0 Å². The summed E-state index contributed by atoms with van der Waals surface area (Å²) < 4.78 is 66.7. The zero-order valence-corrected chi connectivity index (χ0v) is 11.9. The average molecular weight is 370 g/mol. The maximum atomic E-state index is 13.7. The summed E-state index contributed by atoms with van der Waals surface area (Å²) in [7, 11) is 0. The van der Waals surface area contributed by atoms with Gasteiger partial charge in [0.2, 0.25) is 0 Å². The molecule has 0 amide bonds. The average Bonchev–Trinajstić information content (AvgIpc) is 2.83. The largest absolute Gasteiger partial charge is 0.408 e. The van der Waals surface area contributed by atoms with Crippen LogP contribution in [0.25, 0.3) is 0 Å². The maximum Gasteiger partial charge on any atom is 0.408 e. The van der Waals surface area contributed by atoms with Gasteiger partial charge in [-0.05, 0) is 18.2 Å². The second-order valence-electron chi connectivity index (χ2n) is 4.22. The lowest BCUT2D eigenvalue weighted by molar-refractivity contribution is -0.159. The van der Waals surface area contributed by atoms with Crippen molar-refractivity contribution in [3.63, 3.8) is 0 Å². The predicted octanol–water partition coefficient (Wildman–Crippen LogP) is 3.84. The number of hydrogen-bond donors (Lipinski definition) is 2. The van der Waals surface area contributed by atoms with Crippen molar-refractivity contribution in [3.05, 3.63) is 51.8 Å². The molecule has 2 aromatic rings. The van der Waals surface area contributed by atoms with Crippen molar-refractivity contribution in [2.75, 3.05) is 0 Å². The van der Waals surface area contributed by atoms with Gasteiger partial charge in [0.15, 0.2) is 0 Å². The molecular formula is C12H9BrF5N3. The van der Waals surface area contributed by atoms with Crippen LogP contribution in [0.5, 0.6) is 0 Å². The van der Waals surface area contributed by atoms with E-state index in [2.05, 4.69) is 31.4 Å². The van der Waals surface area contributed by atoms with Crippen LogP contribution in [-0.4, -0.2) is 16.4 Å². The number of nitrogens with zero attached hydrogens (tertiary/aromatic N) is 1. The van der Waals surface area contributed by atoms with Crippen molar-refractivity contribution in [2.24, 2.45) is 0 Å². The molecule has 114 valence electrons. The van der Waals surface area contributed by atoms with E-state index in [0.29, 0.717) is 5.69 Å². The van der Waals surface area contributed by atoms with Gasteiger partial charge in [-0.1, -0.05) is 15.9 Å². The Labute approximate surface area is 124 Å². The lowest BCUT2D eigenvalue weighted by Gasteiger charge is -2.23. The van der Waals surface area contributed by atoms with Crippen LogP contribution in [0, 0.1) is 11.6 Å². The van der Waals surface area contributed by atoms with Crippen molar-refractivity contribution in [1.29, 1.82) is 0 Å². The molecule has 0 aliphatic rings. The number of hydrogen-bond acceptors (Lipinski definition) is 2. The number of halogens is 6. The normalized spacial score (nSPS) is 13.4. The Morgan fingerprint density at radius 3 is 2.33 bits per heavy atom. The van der Waals surface area contributed by atoms with E-state index >= 15 is 0 Å². The molecule has 2 rings (SSSR count). The van der Waals surface area contributed by atoms with Gasteiger partial charge in [0.25, 0.3) is 0 Å². The molecule has 9 heteroatoms. The van der Waals surface area contributed by atoms with Gasteiger partial charge in [0, 0.05) is 28.5 Å². The van der Waals surface area contributed by atoms with E-state index in [9.17, 15) is 22.0 Å². The SMILES string of the molecule is Fc1cc(Br)cc(F)c1C(NCc1ccn[nH]1)C(F)(F)F. The first-order chi connectivity index (χ1) is 9.79.